The highest BCUT2D eigenvalue weighted by molar-refractivity contribution is 4.99. The molecule has 1 heterocycles. The molecule has 0 atom stereocenters. The van der Waals surface area contributed by atoms with Crippen molar-refractivity contribution in [3.8, 4) is 0 Å². The fourth-order valence-electron chi connectivity index (χ4n) is 1.47. The molecule has 7 heteroatoms. The molecule has 4 nitrogen and oxygen atoms in total. The van der Waals surface area contributed by atoms with Crippen LogP contribution in [0.5, 0.6) is 0 Å². The summed E-state index contributed by atoms with van der Waals surface area (Å²) in [5.74, 6) is 0. The van der Waals surface area contributed by atoms with E-state index in [-0.39, 0.29) is 6.61 Å². The number of nitrogens with zero attached hydrogens (tertiary/aromatic N) is 2. The minimum absolute atomic E-state index is 0.0833. The van der Waals surface area contributed by atoms with Crippen LogP contribution in [0.25, 0.3) is 0 Å². The average Bonchev–Trinajstić information content (AvgIpc) is 2.72. The van der Waals surface area contributed by atoms with Crippen LogP contribution < -0.4 is 5.32 Å². The van der Waals surface area contributed by atoms with Crippen LogP contribution >= 0.6 is 0 Å². The molecule has 0 amide bonds. The van der Waals surface area contributed by atoms with Gasteiger partial charge in [-0.2, -0.15) is 18.3 Å². The molecule has 1 aromatic heterocycles. The van der Waals surface area contributed by atoms with Crippen LogP contribution in [0.3, 0.4) is 0 Å². The Labute approximate surface area is 104 Å². The zero-order chi connectivity index (χ0) is 13.4. The van der Waals surface area contributed by atoms with E-state index in [0.29, 0.717) is 19.5 Å². The predicted octanol–water partition coefficient (Wildman–Crippen LogP) is 1.96. The van der Waals surface area contributed by atoms with E-state index in [1.54, 1.807) is 10.9 Å². The SMILES string of the molecule is CCNCc1ccnn1CCCOCC(F)(F)F. The third-order valence-corrected chi connectivity index (χ3v) is 2.28. The van der Waals surface area contributed by atoms with Gasteiger partial charge in [-0.3, -0.25) is 4.68 Å². The van der Waals surface area contributed by atoms with E-state index >= 15 is 0 Å². The average molecular weight is 265 g/mol. The fraction of sp³-hybridized carbons (Fsp3) is 0.727. The van der Waals surface area contributed by atoms with Gasteiger partial charge in [-0.05, 0) is 19.0 Å². The number of ether oxygens (including phenoxy) is 1. The van der Waals surface area contributed by atoms with Gasteiger partial charge in [-0.15, -0.1) is 0 Å². The minimum Gasteiger partial charge on any atom is -0.372 e. The highest BCUT2D eigenvalue weighted by Gasteiger charge is 2.27. The van der Waals surface area contributed by atoms with E-state index in [1.165, 1.54) is 0 Å². The van der Waals surface area contributed by atoms with Gasteiger partial charge >= 0.3 is 6.18 Å². The molecule has 1 aromatic rings. The Kier molecular flexibility index (Phi) is 6.14. The van der Waals surface area contributed by atoms with Crippen LogP contribution in [0.2, 0.25) is 0 Å². The first kappa shape index (κ1) is 15.0. The lowest BCUT2D eigenvalue weighted by Gasteiger charge is -2.09. The first-order valence-corrected chi connectivity index (χ1v) is 5.89. The highest BCUT2D eigenvalue weighted by atomic mass is 19.4. The van der Waals surface area contributed by atoms with Crippen molar-refractivity contribution in [3.63, 3.8) is 0 Å². The van der Waals surface area contributed by atoms with Crippen molar-refractivity contribution in [1.29, 1.82) is 0 Å². The van der Waals surface area contributed by atoms with Crippen LogP contribution in [-0.4, -0.2) is 35.7 Å². The van der Waals surface area contributed by atoms with Gasteiger partial charge in [0.25, 0.3) is 0 Å². The van der Waals surface area contributed by atoms with Gasteiger partial charge in [-0.25, -0.2) is 0 Å². The topological polar surface area (TPSA) is 39.1 Å². The van der Waals surface area contributed by atoms with Crippen molar-refractivity contribution in [2.75, 3.05) is 19.8 Å². The summed E-state index contributed by atoms with van der Waals surface area (Å²) in [6, 6.07) is 1.89. The second-order valence-corrected chi connectivity index (χ2v) is 3.85. The fourth-order valence-corrected chi connectivity index (χ4v) is 1.47. The minimum atomic E-state index is -4.25. The molecule has 0 aliphatic carbocycles. The van der Waals surface area contributed by atoms with Crippen LogP contribution in [0.4, 0.5) is 13.2 Å². The van der Waals surface area contributed by atoms with Gasteiger partial charge in [0.15, 0.2) is 0 Å². The van der Waals surface area contributed by atoms with E-state index in [2.05, 4.69) is 15.2 Å². The number of rotatable bonds is 8. The Morgan fingerprint density at radius 1 is 1.44 bits per heavy atom. The van der Waals surface area contributed by atoms with Gasteiger partial charge in [0.05, 0.1) is 5.69 Å². The summed E-state index contributed by atoms with van der Waals surface area (Å²) in [6.07, 6.45) is -2.05. The van der Waals surface area contributed by atoms with E-state index in [4.69, 9.17) is 0 Å². The van der Waals surface area contributed by atoms with Crippen molar-refractivity contribution < 1.29 is 17.9 Å². The Morgan fingerprint density at radius 3 is 2.89 bits per heavy atom. The van der Waals surface area contributed by atoms with Crippen molar-refractivity contribution in [2.45, 2.75) is 32.6 Å². The van der Waals surface area contributed by atoms with Gasteiger partial charge < -0.3 is 10.1 Å². The van der Waals surface area contributed by atoms with Crippen molar-refractivity contribution in [2.24, 2.45) is 0 Å². The molecule has 104 valence electrons. The van der Waals surface area contributed by atoms with Gasteiger partial charge in [-0.1, -0.05) is 6.92 Å². The zero-order valence-electron chi connectivity index (χ0n) is 10.3. The van der Waals surface area contributed by atoms with E-state index in [1.807, 2.05) is 13.0 Å². The maximum atomic E-state index is 11.8. The summed E-state index contributed by atoms with van der Waals surface area (Å²) in [5.41, 5.74) is 1.02. The Balaban J connectivity index is 2.21. The summed E-state index contributed by atoms with van der Waals surface area (Å²) < 4.78 is 41.7. The molecule has 1 N–H and O–H groups in total. The van der Waals surface area contributed by atoms with E-state index in [9.17, 15) is 13.2 Å². The lowest BCUT2D eigenvalue weighted by molar-refractivity contribution is -0.174. The maximum absolute atomic E-state index is 11.8. The molecule has 0 unspecified atom stereocenters. The van der Waals surface area contributed by atoms with Crippen LogP contribution in [-0.2, 0) is 17.8 Å². The normalized spacial score (nSPS) is 12.0. The standard InChI is InChI=1S/C11H18F3N3O/c1-2-15-8-10-4-5-16-17(10)6-3-7-18-9-11(12,13)14/h4-5,15H,2-3,6-9H2,1H3. The van der Waals surface area contributed by atoms with E-state index in [0.717, 1.165) is 12.2 Å². The molecule has 18 heavy (non-hydrogen) atoms. The molecule has 1 rings (SSSR count). The number of hydrogen-bond donors (Lipinski definition) is 1. The van der Waals surface area contributed by atoms with Gasteiger partial charge in [0, 0.05) is 25.9 Å². The van der Waals surface area contributed by atoms with Crippen molar-refractivity contribution >= 4 is 0 Å². The molecule has 0 saturated heterocycles. The lowest BCUT2D eigenvalue weighted by Crippen LogP contribution is -2.19. The molecule has 0 bridgehead atoms. The van der Waals surface area contributed by atoms with Gasteiger partial charge in [0.2, 0.25) is 0 Å². The summed E-state index contributed by atoms with van der Waals surface area (Å²) in [5, 5.41) is 7.29. The molecule has 0 aliphatic heterocycles. The Morgan fingerprint density at radius 2 is 2.22 bits per heavy atom. The molecular formula is C11H18F3N3O. The summed E-state index contributed by atoms with van der Waals surface area (Å²) >= 11 is 0. The summed E-state index contributed by atoms with van der Waals surface area (Å²) in [6.45, 7) is 3.04. The first-order valence-electron chi connectivity index (χ1n) is 5.89. The molecule has 0 radical (unpaired) electrons. The molecule has 0 fully saturated rings. The lowest BCUT2D eigenvalue weighted by atomic mass is 10.4. The third kappa shape index (κ3) is 6.02. The number of hydrogen-bond acceptors (Lipinski definition) is 3. The summed E-state index contributed by atoms with van der Waals surface area (Å²) in [4.78, 5) is 0. The van der Waals surface area contributed by atoms with Crippen LogP contribution in [0.1, 0.15) is 19.0 Å². The predicted molar refractivity (Wildman–Crippen MR) is 61.1 cm³/mol. The van der Waals surface area contributed by atoms with Crippen molar-refractivity contribution in [3.05, 3.63) is 18.0 Å². The number of aryl methyl sites for hydroxylation is 1. The first-order chi connectivity index (χ1) is 8.53. The second-order valence-electron chi connectivity index (χ2n) is 3.85. The molecule has 0 saturated carbocycles. The second kappa shape index (κ2) is 7.38. The smallest absolute Gasteiger partial charge is 0.372 e. The van der Waals surface area contributed by atoms with E-state index < -0.39 is 12.8 Å². The third-order valence-electron chi connectivity index (χ3n) is 2.28. The van der Waals surface area contributed by atoms with Crippen LogP contribution in [0, 0.1) is 0 Å². The number of halogens is 3. The highest BCUT2D eigenvalue weighted by Crippen LogP contribution is 2.14. The molecule has 0 spiro atoms. The number of alkyl halides is 3. The number of aromatic nitrogens is 2. The Hall–Kier alpha value is -1.08. The maximum Gasteiger partial charge on any atom is 0.411 e. The molecular weight excluding hydrogens is 247 g/mol. The molecule has 0 aromatic carbocycles. The van der Waals surface area contributed by atoms with Gasteiger partial charge in [0.1, 0.15) is 6.61 Å². The summed E-state index contributed by atoms with van der Waals surface area (Å²) in [7, 11) is 0. The Bertz CT molecular complexity index is 339. The number of nitrogens with one attached hydrogen (secondary N) is 1. The van der Waals surface area contributed by atoms with Crippen LogP contribution in [0.15, 0.2) is 12.3 Å². The molecule has 0 aliphatic rings. The quantitative estimate of drug-likeness (QED) is 0.730. The largest absolute Gasteiger partial charge is 0.411 e. The monoisotopic (exact) mass is 265 g/mol. The zero-order valence-corrected chi connectivity index (χ0v) is 10.3. The van der Waals surface area contributed by atoms with Crippen molar-refractivity contribution in [1.82, 2.24) is 15.1 Å².